The van der Waals surface area contributed by atoms with E-state index in [1.54, 1.807) is 0 Å². The summed E-state index contributed by atoms with van der Waals surface area (Å²) < 4.78 is 17.9. The Labute approximate surface area is 140 Å². The number of esters is 1. The third-order valence-electron chi connectivity index (χ3n) is 5.83. The first kappa shape index (κ1) is 18.7. The summed E-state index contributed by atoms with van der Waals surface area (Å²) in [5.41, 5.74) is -0.220. The molecule has 0 aliphatic carbocycles. The molecule has 0 bridgehead atoms. The van der Waals surface area contributed by atoms with Crippen LogP contribution < -0.4 is 0 Å². The van der Waals surface area contributed by atoms with Crippen molar-refractivity contribution in [2.45, 2.75) is 77.7 Å². The molecule has 0 aromatic carbocycles. The van der Waals surface area contributed by atoms with Crippen LogP contribution in [-0.4, -0.2) is 54.6 Å². The van der Waals surface area contributed by atoms with Crippen molar-refractivity contribution in [1.29, 1.82) is 0 Å². The molecule has 2 aliphatic heterocycles. The Bertz CT molecular complexity index is 430. The van der Waals surface area contributed by atoms with Gasteiger partial charge in [-0.05, 0) is 41.2 Å². The highest BCUT2D eigenvalue weighted by atomic mass is 16.7. The zero-order valence-corrected chi connectivity index (χ0v) is 15.8. The quantitative estimate of drug-likeness (QED) is 0.746. The fourth-order valence-electron chi connectivity index (χ4n) is 3.94. The molecule has 0 unspecified atom stereocenters. The first-order valence-electron chi connectivity index (χ1n) is 8.61. The van der Waals surface area contributed by atoms with Gasteiger partial charge in [-0.1, -0.05) is 6.92 Å². The van der Waals surface area contributed by atoms with Crippen LogP contribution in [0.25, 0.3) is 0 Å². The smallest absolute Gasteiger partial charge is 0.302 e. The SMILES string of the molecule is CCC1(COC(C)=O)COC2(CC(C)(C)N(C)C(C)(C)C2)OC1. The van der Waals surface area contributed by atoms with Gasteiger partial charge in [0.25, 0.3) is 0 Å². The van der Waals surface area contributed by atoms with E-state index in [9.17, 15) is 4.79 Å². The molecule has 0 aromatic heterocycles. The number of likely N-dealkylation sites (tertiary alicyclic amines) is 1. The number of nitrogens with zero attached hydrogens (tertiary/aromatic N) is 1. The summed E-state index contributed by atoms with van der Waals surface area (Å²) in [5, 5.41) is 0. The van der Waals surface area contributed by atoms with Crippen molar-refractivity contribution in [3.8, 4) is 0 Å². The van der Waals surface area contributed by atoms with Crippen LogP contribution in [0.1, 0.15) is 60.8 Å². The predicted molar refractivity (Wildman–Crippen MR) is 89.1 cm³/mol. The molecule has 2 heterocycles. The van der Waals surface area contributed by atoms with E-state index < -0.39 is 5.79 Å². The molecule has 1 spiro atoms. The molecule has 23 heavy (non-hydrogen) atoms. The fourth-order valence-corrected chi connectivity index (χ4v) is 3.94. The van der Waals surface area contributed by atoms with Crippen molar-refractivity contribution in [3.05, 3.63) is 0 Å². The van der Waals surface area contributed by atoms with Crippen LogP contribution in [0.5, 0.6) is 0 Å². The number of carbonyl (C=O) groups excluding carboxylic acids is 1. The van der Waals surface area contributed by atoms with Crippen molar-refractivity contribution in [1.82, 2.24) is 4.90 Å². The van der Waals surface area contributed by atoms with Crippen LogP contribution >= 0.6 is 0 Å². The van der Waals surface area contributed by atoms with Crippen LogP contribution in [0.4, 0.5) is 0 Å². The maximum atomic E-state index is 11.1. The topological polar surface area (TPSA) is 48.0 Å². The number of ether oxygens (including phenoxy) is 3. The fraction of sp³-hybridized carbons (Fsp3) is 0.944. The van der Waals surface area contributed by atoms with E-state index in [0.29, 0.717) is 19.8 Å². The molecule has 0 radical (unpaired) electrons. The van der Waals surface area contributed by atoms with Gasteiger partial charge in [0.1, 0.15) is 6.61 Å². The minimum absolute atomic E-state index is 0.00382. The van der Waals surface area contributed by atoms with E-state index in [1.165, 1.54) is 6.92 Å². The van der Waals surface area contributed by atoms with Gasteiger partial charge in [0.2, 0.25) is 0 Å². The summed E-state index contributed by atoms with van der Waals surface area (Å²) in [6.45, 7) is 14.0. The van der Waals surface area contributed by atoms with E-state index in [-0.39, 0.29) is 22.5 Å². The summed E-state index contributed by atoms with van der Waals surface area (Å²) >= 11 is 0. The van der Waals surface area contributed by atoms with E-state index in [0.717, 1.165) is 19.3 Å². The molecule has 0 amide bonds. The summed E-state index contributed by atoms with van der Waals surface area (Å²) in [6, 6.07) is 0. The lowest BCUT2D eigenvalue weighted by molar-refractivity contribution is -0.344. The van der Waals surface area contributed by atoms with Gasteiger partial charge in [-0.15, -0.1) is 0 Å². The predicted octanol–water partition coefficient (Wildman–Crippen LogP) is 2.97. The molecule has 0 saturated carbocycles. The molecule has 0 atom stereocenters. The van der Waals surface area contributed by atoms with Crippen LogP contribution in [0, 0.1) is 5.41 Å². The standard InChI is InChI=1S/C18H33NO4/c1-8-17(11-21-14(2)20)12-22-18(23-13-17)9-15(3,4)19(7)16(5,6)10-18/h8-13H2,1-7H3. The normalized spacial score (nSPS) is 28.5. The lowest BCUT2D eigenvalue weighted by atomic mass is 9.75. The van der Waals surface area contributed by atoms with Gasteiger partial charge >= 0.3 is 5.97 Å². The van der Waals surface area contributed by atoms with Gasteiger partial charge < -0.3 is 14.2 Å². The van der Waals surface area contributed by atoms with Gasteiger partial charge in [-0.2, -0.15) is 0 Å². The second-order valence-corrected chi connectivity index (χ2v) is 8.66. The van der Waals surface area contributed by atoms with Crippen LogP contribution in [0.2, 0.25) is 0 Å². The molecular weight excluding hydrogens is 294 g/mol. The molecule has 0 N–H and O–H groups in total. The Morgan fingerprint density at radius 3 is 1.96 bits per heavy atom. The van der Waals surface area contributed by atoms with E-state index in [2.05, 4.69) is 46.6 Å². The van der Waals surface area contributed by atoms with Gasteiger partial charge in [-0.25, -0.2) is 0 Å². The summed E-state index contributed by atoms with van der Waals surface area (Å²) in [6.07, 6.45) is 2.55. The number of hydrogen-bond acceptors (Lipinski definition) is 5. The number of rotatable bonds is 3. The van der Waals surface area contributed by atoms with Crippen molar-refractivity contribution in [2.24, 2.45) is 5.41 Å². The third-order valence-corrected chi connectivity index (χ3v) is 5.83. The maximum Gasteiger partial charge on any atom is 0.302 e. The van der Waals surface area contributed by atoms with Gasteiger partial charge in [0, 0.05) is 30.8 Å². The molecular formula is C18H33NO4. The van der Waals surface area contributed by atoms with Crippen molar-refractivity contribution >= 4 is 5.97 Å². The monoisotopic (exact) mass is 327 g/mol. The zero-order valence-electron chi connectivity index (χ0n) is 15.8. The van der Waals surface area contributed by atoms with Crippen LogP contribution in [0.3, 0.4) is 0 Å². The summed E-state index contributed by atoms with van der Waals surface area (Å²) in [4.78, 5) is 13.6. The van der Waals surface area contributed by atoms with E-state index in [1.807, 2.05) is 0 Å². The minimum Gasteiger partial charge on any atom is -0.465 e. The number of hydrogen-bond donors (Lipinski definition) is 0. The molecule has 5 heteroatoms. The molecule has 2 aliphatic rings. The molecule has 5 nitrogen and oxygen atoms in total. The Hall–Kier alpha value is -0.650. The Balaban J connectivity index is 2.11. The van der Waals surface area contributed by atoms with Crippen molar-refractivity contribution in [3.63, 3.8) is 0 Å². The zero-order chi connectivity index (χ0) is 17.5. The third kappa shape index (κ3) is 3.72. The Morgan fingerprint density at radius 1 is 1.09 bits per heavy atom. The highest BCUT2D eigenvalue weighted by molar-refractivity contribution is 5.65. The molecule has 2 saturated heterocycles. The molecule has 0 aromatic rings. The molecule has 2 rings (SSSR count). The van der Waals surface area contributed by atoms with E-state index >= 15 is 0 Å². The van der Waals surface area contributed by atoms with Crippen molar-refractivity contribution in [2.75, 3.05) is 26.9 Å². The largest absolute Gasteiger partial charge is 0.465 e. The van der Waals surface area contributed by atoms with Gasteiger partial charge in [0.05, 0.1) is 18.6 Å². The van der Waals surface area contributed by atoms with Crippen LogP contribution in [-0.2, 0) is 19.0 Å². The minimum atomic E-state index is -0.533. The number of piperidine rings is 1. The lowest BCUT2D eigenvalue weighted by Gasteiger charge is -2.59. The maximum absolute atomic E-state index is 11.1. The lowest BCUT2D eigenvalue weighted by Crippen LogP contribution is -2.67. The van der Waals surface area contributed by atoms with Crippen LogP contribution in [0.15, 0.2) is 0 Å². The average Bonchev–Trinajstić information content (AvgIpc) is 2.44. The molecule has 134 valence electrons. The Morgan fingerprint density at radius 2 is 1.57 bits per heavy atom. The van der Waals surface area contributed by atoms with Gasteiger partial charge in [-0.3, -0.25) is 9.69 Å². The Kier molecular flexibility index (Phi) is 4.88. The average molecular weight is 327 g/mol. The highest BCUT2D eigenvalue weighted by Crippen LogP contribution is 2.48. The number of carbonyl (C=O) groups is 1. The van der Waals surface area contributed by atoms with E-state index in [4.69, 9.17) is 14.2 Å². The second-order valence-electron chi connectivity index (χ2n) is 8.66. The first-order valence-corrected chi connectivity index (χ1v) is 8.61. The molecule has 2 fully saturated rings. The first-order chi connectivity index (χ1) is 10.5. The van der Waals surface area contributed by atoms with Gasteiger partial charge in [0.15, 0.2) is 5.79 Å². The van der Waals surface area contributed by atoms with Crippen molar-refractivity contribution < 1.29 is 19.0 Å². The summed E-state index contributed by atoms with van der Waals surface area (Å²) in [5.74, 6) is -0.784. The second kappa shape index (κ2) is 6.01. The highest BCUT2D eigenvalue weighted by Gasteiger charge is 2.55. The summed E-state index contributed by atoms with van der Waals surface area (Å²) in [7, 11) is 2.17.